The molecular formula is C9H10N4O2. The van der Waals surface area contributed by atoms with Crippen LogP contribution in [0.1, 0.15) is 17.7 Å². The number of hydrogen-bond acceptors (Lipinski definition) is 5. The van der Waals surface area contributed by atoms with E-state index < -0.39 is 6.29 Å². The topological polar surface area (TPSA) is 84.1 Å². The molecule has 1 aromatic heterocycles. The fraction of sp³-hybridized carbons (Fsp3) is 0.222. The number of aliphatic hydroxyl groups is 2. The van der Waals surface area contributed by atoms with Gasteiger partial charge in [-0.2, -0.15) is 4.80 Å². The van der Waals surface area contributed by atoms with Gasteiger partial charge in [0.2, 0.25) is 12.1 Å². The first-order chi connectivity index (χ1) is 7.25. The van der Waals surface area contributed by atoms with Gasteiger partial charge in [-0.05, 0) is 10.8 Å². The largest absolute Gasteiger partial charge is 0.362 e. The summed E-state index contributed by atoms with van der Waals surface area (Å²) in [5.41, 5.74) is 1.02. The minimum Gasteiger partial charge on any atom is -0.362 e. The maximum Gasteiger partial charge on any atom is 0.230 e. The van der Waals surface area contributed by atoms with E-state index in [1.54, 1.807) is 0 Å². The highest BCUT2D eigenvalue weighted by Crippen LogP contribution is 2.02. The molecule has 0 fully saturated rings. The molecule has 0 aliphatic rings. The zero-order valence-corrected chi connectivity index (χ0v) is 7.85. The van der Waals surface area contributed by atoms with Crippen LogP contribution in [-0.4, -0.2) is 30.4 Å². The fourth-order valence-electron chi connectivity index (χ4n) is 1.17. The van der Waals surface area contributed by atoms with Crippen molar-refractivity contribution in [2.24, 2.45) is 0 Å². The molecule has 2 aromatic rings. The van der Waals surface area contributed by atoms with Gasteiger partial charge in [0.05, 0.1) is 6.54 Å². The Morgan fingerprint density at radius 3 is 2.53 bits per heavy atom. The Balaban J connectivity index is 2.12. The molecule has 6 heteroatoms. The lowest BCUT2D eigenvalue weighted by molar-refractivity contribution is -0.0496. The van der Waals surface area contributed by atoms with E-state index in [1.165, 1.54) is 4.80 Å². The van der Waals surface area contributed by atoms with Gasteiger partial charge in [-0.1, -0.05) is 30.3 Å². The second-order valence-corrected chi connectivity index (χ2v) is 3.04. The van der Waals surface area contributed by atoms with E-state index in [9.17, 15) is 0 Å². The summed E-state index contributed by atoms with van der Waals surface area (Å²) in [7, 11) is 0. The zero-order chi connectivity index (χ0) is 10.7. The summed E-state index contributed by atoms with van der Waals surface area (Å²) in [6, 6.07) is 9.60. The summed E-state index contributed by atoms with van der Waals surface area (Å²) in [6.45, 7) is 0.459. The van der Waals surface area contributed by atoms with Gasteiger partial charge in [0, 0.05) is 0 Å². The van der Waals surface area contributed by atoms with E-state index in [-0.39, 0.29) is 5.82 Å². The maximum atomic E-state index is 8.78. The quantitative estimate of drug-likeness (QED) is 0.674. The highest BCUT2D eigenvalue weighted by atomic mass is 16.5. The van der Waals surface area contributed by atoms with Gasteiger partial charge >= 0.3 is 0 Å². The summed E-state index contributed by atoms with van der Waals surface area (Å²) in [6.07, 6.45) is -1.67. The Kier molecular flexibility index (Phi) is 2.70. The van der Waals surface area contributed by atoms with Crippen LogP contribution < -0.4 is 0 Å². The molecule has 1 heterocycles. The van der Waals surface area contributed by atoms with E-state index in [1.807, 2.05) is 30.3 Å². The number of nitrogens with zero attached hydrogens (tertiary/aromatic N) is 4. The van der Waals surface area contributed by atoms with Crippen molar-refractivity contribution in [1.82, 2.24) is 20.2 Å². The molecule has 0 aliphatic heterocycles. The van der Waals surface area contributed by atoms with Crippen LogP contribution in [0.25, 0.3) is 0 Å². The van der Waals surface area contributed by atoms with Gasteiger partial charge in [0.25, 0.3) is 0 Å². The Bertz CT molecular complexity index is 427. The van der Waals surface area contributed by atoms with Crippen molar-refractivity contribution >= 4 is 0 Å². The predicted molar refractivity (Wildman–Crippen MR) is 50.5 cm³/mol. The lowest BCUT2D eigenvalue weighted by Gasteiger charge is -1.98. The lowest BCUT2D eigenvalue weighted by Crippen LogP contribution is -2.05. The van der Waals surface area contributed by atoms with Crippen LogP contribution >= 0.6 is 0 Å². The Labute approximate surface area is 85.8 Å². The molecule has 0 spiro atoms. The highest BCUT2D eigenvalue weighted by molar-refractivity contribution is 5.14. The molecule has 0 bridgehead atoms. The highest BCUT2D eigenvalue weighted by Gasteiger charge is 2.09. The summed E-state index contributed by atoms with van der Waals surface area (Å²) in [5.74, 6) is -0.0917. The Morgan fingerprint density at radius 1 is 1.20 bits per heavy atom. The van der Waals surface area contributed by atoms with Crippen molar-refractivity contribution in [3.05, 3.63) is 41.7 Å². The molecule has 2 N–H and O–H groups in total. The van der Waals surface area contributed by atoms with Crippen molar-refractivity contribution < 1.29 is 10.2 Å². The van der Waals surface area contributed by atoms with Crippen LogP contribution in [0.4, 0.5) is 0 Å². The van der Waals surface area contributed by atoms with Crippen LogP contribution in [0.15, 0.2) is 30.3 Å². The maximum absolute atomic E-state index is 8.78. The molecule has 0 amide bonds. The van der Waals surface area contributed by atoms with Crippen molar-refractivity contribution in [3.8, 4) is 0 Å². The molecule has 1 aromatic carbocycles. The third-order valence-corrected chi connectivity index (χ3v) is 1.87. The summed E-state index contributed by atoms with van der Waals surface area (Å²) in [4.78, 5) is 1.31. The first-order valence-corrected chi connectivity index (χ1v) is 4.43. The van der Waals surface area contributed by atoms with E-state index in [0.717, 1.165) is 5.56 Å². The van der Waals surface area contributed by atoms with Crippen molar-refractivity contribution in [1.29, 1.82) is 0 Å². The molecule has 0 unspecified atom stereocenters. The molecule has 0 radical (unpaired) electrons. The van der Waals surface area contributed by atoms with Gasteiger partial charge in [-0.25, -0.2) is 0 Å². The van der Waals surface area contributed by atoms with Crippen molar-refractivity contribution in [3.63, 3.8) is 0 Å². The number of benzene rings is 1. The number of aromatic nitrogens is 4. The van der Waals surface area contributed by atoms with E-state index >= 15 is 0 Å². The van der Waals surface area contributed by atoms with Gasteiger partial charge in [0.15, 0.2) is 0 Å². The SMILES string of the molecule is OC(O)c1nnn(Cc2ccccc2)n1. The normalized spacial score (nSPS) is 10.9. The lowest BCUT2D eigenvalue weighted by atomic mass is 10.2. The molecule has 0 atom stereocenters. The first-order valence-electron chi connectivity index (χ1n) is 4.43. The summed E-state index contributed by atoms with van der Waals surface area (Å²) < 4.78 is 0. The average Bonchev–Trinajstić information content (AvgIpc) is 2.68. The number of aliphatic hydroxyl groups excluding tert-OH is 1. The van der Waals surface area contributed by atoms with Gasteiger partial charge < -0.3 is 10.2 Å². The summed E-state index contributed by atoms with van der Waals surface area (Å²) in [5, 5.41) is 28.5. The minimum atomic E-state index is -1.67. The molecule has 78 valence electrons. The zero-order valence-electron chi connectivity index (χ0n) is 7.85. The standard InChI is InChI=1S/C9H10N4O2/c14-9(15)8-10-12-13(11-8)6-7-4-2-1-3-5-7/h1-5,9,14-15H,6H2. The van der Waals surface area contributed by atoms with E-state index in [2.05, 4.69) is 15.4 Å². The molecule has 2 rings (SSSR count). The average molecular weight is 206 g/mol. The van der Waals surface area contributed by atoms with Crippen LogP contribution in [0.5, 0.6) is 0 Å². The molecule has 6 nitrogen and oxygen atoms in total. The Morgan fingerprint density at radius 2 is 1.93 bits per heavy atom. The van der Waals surface area contributed by atoms with E-state index in [4.69, 9.17) is 10.2 Å². The van der Waals surface area contributed by atoms with E-state index in [0.29, 0.717) is 6.54 Å². The predicted octanol–water partition coefficient (Wildman–Crippen LogP) is -0.295. The second kappa shape index (κ2) is 4.16. The molecule has 0 aliphatic carbocycles. The molecule has 15 heavy (non-hydrogen) atoms. The minimum absolute atomic E-state index is 0.0917. The third-order valence-electron chi connectivity index (χ3n) is 1.87. The first kappa shape index (κ1) is 9.75. The Hall–Kier alpha value is -1.79. The van der Waals surface area contributed by atoms with Gasteiger partial charge in [-0.15, -0.1) is 10.2 Å². The third kappa shape index (κ3) is 2.36. The van der Waals surface area contributed by atoms with Gasteiger partial charge in [0.1, 0.15) is 0 Å². The smallest absolute Gasteiger partial charge is 0.230 e. The summed E-state index contributed by atoms with van der Waals surface area (Å²) >= 11 is 0. The molecule has 0 saturated heterocycles. The van der Waals surface area contributed by atoms with Crippen molar-refractivity contribution in [2.75, 3.05) is 0 Å². The number of hydrogen-bond donors (Lipinski definition) is 2. The van der Waals surface area contributed by atoms with Crippen LogP contribution in [0.3, 0.4) is 0 Å². The second-order valence-electron chi connectivity index (χ2n) is 3.04. The number of tetrazole rings is 1. The molecule has 0 saturated carbocycles. The monoisotopic (exact) mass is 206 g/mol. The van der Waals surface area contributed by atoms with Crippen LogP contribution in [0, 0.1) is 0 Å². The van der Waals surface area contributed by atoms with Crippen LogP contribution in [-0.2, 0) is 6.54 Å². The van der Waals surface area contributed by atoms with Gasteiger partial charge in [-0.3, -0.25) is 0 Å². The number of rotatable bonds is 3. The van der Waals surface area contributed by atoms with Crippen molar-refractivity contribution in [2.45, 2.75) is 12.8 Å². The fourth-order valence-corrected chi connectivity index (χ4v) is 1.17. The molecular weight excluding hydrogens is 196 g/mol. The van der Waals surface area contributed by atoms with Crippen LogP contribution in [0.2, 0.25) is 0 Å².